The monoisotopic (exact) mass is 282 g/mol. The molecule has 3 aromatic heterocycles. The lowest BCUT2D eigenvalue weighted by Gasteiger charge is -2.01. The summed E-state index contributed by atoms with van der Waals surface area (Å²) >= 11 is 0. The molecule has 3 aromatic rings. The second-order valence-electron chi connectivity index (χ2n) is 4.72. The van der Waals surface area contributed by atoms with Crippen LogP contribution in [0.2, 0.25) is 0 Å². The fourth-order valence-corrected chi connectivity index (χ4v) is 2.05. The second kappa shape index (κ2) is 5.28. The molecule has 0 spiro atoms. The molecule has 0 saturated heterocycles. The number of hydrogen-bond donors (Lipinski definition) is 1. The van der Waals surface area contributed by atoms with Crippen molar-refractivity contribution in [2.24, 2.45) is 0 Å². The minimum Gasteiger partial charge on any atom is -0.310 e. The van der Waals surface area contributed by atoms with Crippen LogP contribution in [0.4, 0.5) is 5.82 Å². The molecule has 3 rings (SSSR count). The molecule has 0 saturated carbocycles. The Hall–Kier alpha value is -2.83. The van der Waals surface area contributed by atoms with Gasteiger partial charge in [-0.15, -0.1) is 5.10 Å². The van der Waals surface area contributed by atoms with Crippen LogP contribution in [0.5, 0.6) is 0 Å². The number of pyridine rings is 1. The zero-order valence-electron chi connectivity index (χ0n) is 11.7. The average molecular weight is 282 g/mol. The molecule has 1 N–H and O–H groups in total. The molecule has 7 nitrogen and oxygen atoms in total. The summed E-state index contributed by atoms with van der Waals surface area (Å²) in [4.78, 5) is 24.6. The molecule has 7 heteroatoms. The quantitative estimate of drug-likeness (QED) is 0.783. The molecule has 0 aliphatic heterocycles. The third kappa shape index (κ3) is 2.86. The number of fused-ring (bicyclic) bond motifs is 1. The van der Waals surface area contributed by atoms with E-state index >= 15 is 0 Å². The number of aryl methyl sites for hydroxylation is 2. The molecule has 1 amide bonds. The summed E-state index contributed by atoms with van der Waals surface area (Å²) in [6.07, 6.45) is 1.70. The van der Waals surface area contributed by atoms with Crippen LogP contribution in [-0.2, 0) is 11.2 Å². The van der Waals surface area contributed by atoms with Gasteiger partial charge in [0.15, 0.2) is 5.82 Å². The van der Waals surface area contributed by atoms with E-state index < -0.39 is 0 Å². The number of hydrogen-bond acceptors (Lipinski definition) is 5. The highest BCUT2D eigenvalue weighted by molar-refractivity contribution is 5.90. The van der Waals surface area contributed by atoms with Crippen molar-refractivity contribution in [2.45, 2.75) is 20.3 Å². The van der Waals surface area contributed by atoms with E-state index in [9.17, 15) is 4.79 Å². The van der Waals surface area contributed by atoms with Gasteiger partial charge in [-0.3, -0.25) is 4.79 Å². The van der Waals surface area contributed by atoms with Gasteiger partial charge in [-0.2, -0.15) is 4.98 Å². The van der Waals surface area contributed by atoms with Gasteiger partial charge in [0, 0.05) is 17.6 Å². The van der Waals surface area contributed by atoms with Gasteiger partial charge in [0.25, 0.3) is 5.78 Å². The lowest BCUT2D eigenvalue weighted by atomic mass is 10.3. The molecule has 3 heterocycles. The standard InChI is InChI=1S/C14H14N6O/c1-9-7-10(2)20-14(16-9)18-12(19-20)8-13(21)17-11-5-3-4-6-15-11/h3-7H,8H2,1-2H3,(H,15,17,21). The minimum absolute atomic E-state index is 0.0818. The van der Waals surface area contributed by atoms with Crippen LogP contribution in [-0.4, -0.2) is 30.5 Å². The number of carbonyl (C=O) groups excluding carboxylic acids is 1. The smallest absolute Gasteiger partial charge is 0.252 e. The average Bonchev–Trinajstić information content (AvgIpc) is 2.82. The molecule has 0 unspecified atom stereocenters. The van der Waals surface area contributed by atoms with Crippen LogP contribution in [0, 0.1) is 13.8 Å². The summed E-state index contributed by atoms with van der Waals surface area (Å²) in [7, 11) is 0. The zero-order valence-corrected chi connectivity index (χ0v) is 11.7. The zero-order chi connectivity index (χ0) is 14.8. The van der Waals surface area contributed by atoms with E-state index in [1.807, 2.05) is 26.0 Å². The maximum Gasteiger partial charge on any atom is 0.252 e. The third-order valence-corrected chi connectivity index (χ3v) is 2.91. The third-order valence-electron chi connectivity index (χ3n) is 2.91. The number of anilines is 1. The number of aromatic nitrogens is 5. The number of rotatable bonds is 3. The van der Waals surface area contributed by atoms with Gasteiger partial charge in [0.1, 0.15) is 5.82 Å². The van der Waals surface area contributed by atoms with E-state index in [0.717, 1.165) is 11.4 Å². The molecule has 0 bridgehead atoms. The summed E-state index contributed by atoms with van der Waals surface area (Å²) in [6, 6.07) is 7.24. The van der Waals surface area contributed by atoms with Crippen molar-refractivity contribution in [2.75, 3.05) is 5.32 Å². The van der Waals surface area contributed by atoms with E-state index in [1.165, 1.54) is 0 Å². The van der Waals surface area contributed by atoms with Crippen molar-refractivity contribution in [3.8, 4) is 0 Å². The van der Waals surface area contributed by atoms with Crippen LogP contribution in [0.15, 0.2) is 30.5 Å². The van der Waals surface area contributed by atoms with Gasteiger partial charge in [-0.1, -0.05) is 6.07 Å². The lowest BCUT2D eigenvalue weighted by molar-refractivity contribution is -0.115. The predicted octanol–water partition coefficient (Wildman–Crippen LogP) is 1.32. The second-order valence-corrected chi connectivity index (χ2v) is 4.72. The number of nitrogens with one attached hydrogen (secondary N) is 1. The Morgan fingerprint density at radius 3 is 2.90 bits per heavy atom. The Labute approximate surface area is 121 Å². The SMILES string of the molecule is Cc1cc(C)n2nc(CC(=O)Nc3ccccn3)nc2n1. The largest absolute Gasteiger partial charge is 0.310 e. The first kappa shape index (κ1) is 13.2. The first-order chi connectivity index (χ1) is 10.1. The van der Waals surface area contributed by atoms with Crippen LogP contribution in [0.1, 0.15) is 17.2 Å². The number of carbonyl (C=O) groups is 1. The molecule has 0 atom stereocenters. The van der Waals surface area contributed by atoms with Crippen LogP contribution in [0.3, 0.4) is 0 Å². The summed E-state index contributed by atoms with van der Waals surface area (Å²) < 4.78 is 1.64. The minimum atomic E-state index is -0.209. The molecule has 0 radical (unpaired) electrons. The van der Waals surface area contributed by atoms with Crippen molar-refractivity contribution in [1.82, 2.24) is 24.6 Å². The molecular formula is C14H14N6O. The van der Waals surface area contributed by atoms with E-state index in [0.29, 0.717) is 17.4 Å². The van der Waals surface area contributed by atoms with Crippen molar-refractivity contribution in [3.05, 3.63) is 47.7 Å². The highest BCUT2D eigenvalue weighted by Crippen LogP contribution is 2.07. The summed E-state index contributed by atoms with van der Waals surface area (Å²) in [5.41, 5.74) is 1.80. The lowest BCUT2D eigenvalue weighted by Crippen LogP contribution is -2.16. The molecule has 21 heavy (non-hydrogen) atoms. The molecule has 0 fully saturated rings. The van der Waals surface area contributed by atoms with E-state index in [2.05, 4.69) is 25.4 Å². The van der Waals surface area contributed by atoms with Crippen molar-refractivity contribution >= 4 is 17.5 Å². The maximum atomic E-state index is 11.9. The number of nitrogens with zero attached hydrogens (tertiary/aromatic N) is 5. The molecule has 0 aromatic carbocycles. The van der Waals surface area contributed by atoms with Gasteiger partial charge < -0.3 is 5.32 Å². The Morgan fingerprint density at radius 1 is 1.29 bits per heavy atom. The number of amides is 1. The first-order valence-electron chi connectivity index (χ1n) is 6.52. The van der Waals surface area contributed by atoms with E-state index in [4.69, 9.17) is 0 Å². The Balaban J connectivity index is 1.79. The first-order valence-corrected chi connectivity index (χ1v) is 6.52. The van der Waals surface area contributed by atoms with E-state index in [1.54, 1.807) is 22.8 Å². The summed E-state index contributed by atoms with van der Waals surface area (Å²) in [6.45, 7) is 3.82. The van der Waals surface area contributed by atoms with Crippen LogP contribution < -0.4 is 5.32 Å². The van der Waals surface area contributed by atoms with Gasteiger partial charge in [0.05, 0.1) is 6.42 Å². The summed E-state index contributed by atoms with van der Waals surface area (Å²) in [5.74, 6) is 1.24. The van der Waals surface area contributed by atoms with Gasteiger partial charge in [-0.05, 0) is 32.0 Å². The topological polar surface area (TPSA) is 85.1 Å². The summed E-state index contributed by atoms with van der Waals surface area (Å²) in [5, 5.41) is 7.00. The normalized spacial score (nSPS) is 10.8. The molecule has 0 aliphatic carbocycles. The predicted molar refractivity (Wildman–Crippen MR) is 76.8 cm³/mol. The Kier molecular flexibility index (Phi) is 3.31. The Morgan fingerprint density at radius 2 is 2.14 bits per heavy atom. The van der Waals surface area contributed by atoms with Crippen molar-refractivity contribution in [3.63, 3.8) is 0 Å². The van der Waals surface area contributed by atoms with Crippen molar-refractivity contribution < 1.29 is 4.79 Å². The van der Waals surface area contributed by atoms with Crippen LogP contribution >= 0.6 is 0 Å². The molecule has 0 aliphatic rings. The highest BCUT2D eigenvalue weighted by Gasteiger charge is 2.12. The maximum absolute atomic E-state index is 11.9. The van der Waals surface area contributed by atoms with Gasteiger partial charge in [-0.25, -0.2) is 14.5 Å². The van der Waals surface area contributed by atoms with Crippen LogP contribution in [0.25, 0.3) is 5.78 Å². The molecular weight excluding hydrogens is 268 g/mol. The Bertz CT molecular complexity index is 796. The van der Waals surface area contributed by atoms with Gasteiger partial charge in [0.2, 0.25) is 5.91 Å². The fourth-order valence-electron chi connectivity index (χ4n) is 2.05. The fraction of sp³-hybridized carbons (Fsp3) is 0.214. The molecule has 106 valence electrons. The van der Waals surface area contributed by atoms with E-state index in [-0.39, 0.29) is 12.3 Å². The highest BCUT2D eigenvalue weighted by atomic mass is 16.1. The van der Waals surface area contributed by atoms with Gasteiger partial charge >= 0.3 is 0 Å². The van der Waals surface area contributed by atoms with Crippen molar-refractivity contribution in [1.29, 1.82) is 0 Å².